The summed E-state index contributed by atoms with van der Waals surface area (Å²) >= 11 is 0. The third-order valence-electron chi connectivity index (χ3n) is 2.97. The zero-order chi connectivity index (χ0) is 15.2. The number of rotatable bonds is 3. The van der Waals surface area contributed by atoms with E-state index in [9.17, 15) is 4.79 Å². The van der Waals surface area contributed by atoms with Crippen LogP contribution in [-0.2, 0) is 4.74 Å². The Hall–Kier alpha value is -2.42. The Morgan fingerprint density at radius 1 is 1.00 bits per heavy atom. The summed E-state index contributed by atoms with van der Waals surface area (Å²) in [5, 5.41) is 0. The van der Waals surface area contributed by atoms with Crippen molar-refractivity contribution < 1.29 is 9.53 Å². The van der Waals surface area contributed by atoms with Crippen LogP contribution in [0.4, 0.5) is 0 Å². The maximum absolute atomic E-state index is 12.2. The fourth-order valence-corrected chi connectivity index (χ4v) is 2.15. The molecule has 3 nitrogen and oxygen atoms in total. The van der Waals surface area contributed by atoms with E-state index in [1.165, 1.54) is 0 Å². The third-order valence-corrected chi connectivity index (χ3v) is 2.97. The molecule has 108 valence electrons. The number of carbonyl (C=O) groups excluding carboxylic acids is 1. The van der Waals surface area contributed by atoms with Crippen molar-refractivity contribution in [3.05, 3.63) is 70.8 Å². The molecule has 2 rings (SSSR count). The molecule has 0 aliphatic heterocycles. The van der Waals surface area contributed by atoms with Crippen molar-refractivity contribution in [1.82, 2.24) is 0 Å². The molecule has 0 N–H and O–H groups in total. The molecule has 0 unspecified atom stereocenters. The largest absolute Gasteiger partial charge is 0.477 e. The highest BCUT2D eigenvalue weighted by molar-refractivity contribution is 6.07. The van der Waals surface area contributed by atoms with Gasteiger partial charge in [0.2, 0.25) is 5.90 Å². The van der Waals surface area contributed by atoms with E-state index in [1.54, 1.807) is 12.1 Å². The van der Waals surface area contributed by atoms with E-state index in [-0.39, 0.29) is 5.91 Å². The average Bonchev–Trinajstić information content (AvgIpc) is 2.46. The Morgan fingerprint density at radius 2 is 1.62 bits per heavy atom. The van der Waals surface area contributed by atoms with Gasteiger partial charge in [0.05, 0.1) is 6.61 Å². The van der Waals surface area contributed by atoms with Crippen LogP contribution in [0.25, 0.3) is 0 Å². The summed E-state index contributed by atoms with van der Waals surface area (Å²) in [5.74, 6) is 0.0800. The minimum absolute atomic E-state index is 0.293. The monoisotopic (exact) mass is 281 g/mol. The highest BCUT2D eigenvalue weighted by Crippen LogP contribution is 2.12. The van der Waals surface area contributed by atoms with Crippen molar-refractivity contribution in [1.29, 1.82) is 0 Å². The molecule has 0 atom stereocenters. The Kier molecular flexibility index (Phi) is 4.88. The van der Waals surface area contributed by atoms with Crippen LogP contribution in [0.3, 0.4) is 0 Å². The normalized spacial score (nSPS) is 11.3. The van der Waals surface area contributed by atoms with E-state index >= 15 is 0 Å². The van der Waals surface area contributed by atoms with Gasteiger partial charge in [-0.3, -0.25) is 4.79 Å². The van der Waals surface area contributed by atoms with Gasteiger partial charge in [0, 0.05) is 11.1 Å². The van der Waals surface area contributed by atoms with E-state index in [1.807, 2.05) is 51.1 Å². The molecule has 0 heterocycles. The van der Waals surface area contributed by atoms with Gasteiger partial charge >= 0.3 is 0 Å². The maximum Gasteiger partial charge on any atom is 0.280 e. The van der Waals surface area contributed by atoms with E-state index in [2.05, 4.69) is 11.1 Å². The van der Waals surface area contributed by atoms with Gasteiger partial charge in [0.25, 0.3) is 5.91 Å². The molecule has 0 spiro atoms. The second-order valence-electron chi connectivity index (χ2n) is 4.90. The fourth-order valence-electron chi connectivity index (χ4n) is 2.15. The van der Waals surface area contributed by atoms with Gasteiger partial charge in [0.15, 0.2) is 0 Å². The van der Waals surface area contributed by atoms with Crippen molar-refractivity contribution in [2.45, 2.75) is 20.8 Å². The van der Waals surface area contributed by atoms with Gasteiger partial charge in [-0.2, -0.15) is 4.99 Å². The summed E-state index contributed by atoms with van der Waals surface area (Å²) in [4.78, 5) is 16.4. The van der Waals surface area contributed by atoms with Crippen LogP contribution >= 0.6 is 0 Å². The lowest BCUT2D eigenvalue weighted by Gasteiger charge is -2.09. The fraction of sp³-hybridized carbons (Fsp3) is 0.222. The molecule has 0 bridgehead atoms. The summed E-state index contributed by atoms with van der Waals surface area (Å²) in [5.41, 5.74) is 3.62. The lowest BCUT2D eigenvalue weighted by Crippen LogP contribution is -2.11. The second-order valence-corrected chi connectivity index (χ2v) is 4.90. The van der Waals surface area contributed by atoms with Crippen LogP contribution < -0.4 is 0 Å². The Morgan fingerprint density at radius 3 is 2.19 bits per heavy atom. The maximum atomic E-state index is 12.2. The van der Waals surface area contributed by atoms with Gasteiger partial charge in [-0.05, 0) is 45.0 Å². The van der Waals surface area contributed by atoms with E-state index in [0.717, 1.165) is 16.7 Å². The number of hydrogen-bond donors (Lipinski definition) is 0. The second kappa shape index (κ2) is 6.84. The van der Waals surface area contributed by atoms with Crippen LogP contribution in [0.5, 0.6) is 0 Å². The van der Waals surface area contributed by atoms with Crippen molar-refractivity contribution >= 4 is 11.8 Å². The number of hydrogen-bond acceptors (Lipinski definition) is 2. The van der Waals surface area contributed by atoms with Gasteiger partial charge in [0.1, 0.15) is 0 Å². The highest BCUT2D eigenvalue weighted by Gasteiger charge is 2.10. The van der Waals surface area contributed by atoms with Gasteiger partial charge < -0.3 is 4.74 Å². The first kappa shape index (κ1) is 15.0. The Balaban J connectivity index is 2.38. The van der Waals surface area contributed by atoms with Gasteiger partial charge in [-0.15, -0.1) is 0 Å². The summed E-state index contributed by atoms with van der Waals surface area (Å²) in [6.45, 7) is 6.37. The molecule has 0 aromatic heterocycles. The van der Waals surface area contributed by atoms with E-state index in [4.69, 9.17) is 4.74 Å². The summed E-state index contributed by atoms with van der Waals surface area (Å²) in [6, 6.07) is 15.0. The molecule has 1 amide bonds. The van der Waals surface area contributed by atoms with Gasteiger partial charge in [-0.25, -0.2) is 0 Å². The zero-order valence-electron chi connectivity index (χ0n) is 12.6. The minimum Gasteiger partial charge on any atom is -0.477 e. The number of amides is 1. The SMILES string of the molecule is CCO/C(=N\C(=O)c1ccccc1)c1cc(C)cc(C)c1. The summed E-state index contributed by atoms with van der Waals surface area (Å²) in [6.07, 6.45) is 0. The highest BCUT2D eigenvalue weighted by atomic mass is 16.5. The van der Waals surface area contributed by atoms with Crippen molar-refractivity contribution in [2.75, 3.05) is 6.61 Å². The van der Waals surface area contributed by atoms with E-state index in [0.29, 0.717) is 18.1 Å². The van der Waals surface area contributed by atoms with Gasteiger partial charge in [-0.1, -0.05) is 35.4 Å². The minimum atomic E-state index is -0.293. The van der Waals surface area contributed by atoms with Crippen LogP contribution in [0.1, 0.15) is 34.0 Å². The molecule has 2 aromatic rings. The van der Waals surface area contributed by atoms with Crippen molar-refractivity contribution in [3.8, 4) is 0 Å². The first-order chi connectivity index (χ1) is 10.1. The van der Waals surface area contributed by atoms with Crippen molar-refractivity contribution in [2.24, 2.45) is 4.99 Å². The first-order valence-corrected chi connectivity index (χ1v) is 6.99. The average molecular weight is 281 g/mol. The Labute approximate surface area is 125 Å². The number of carbonyl (C=O) groups is 1. The quantitative estimate of drug-likeness (QED) is 0.631. The number of ether oxygens (including phenoxy) is 1. The number of benzene rings is 2. The molecule has 0 saturated carbocycles. The molecule has 3 heteroatoms. The topological polar surface area (TPSA) is 38.7 Å². The van der Waals surface area contributed by atoms with Crippen LogP contribution in [0.2, 0.25) is 0 Å². The van der Waals surface area contributed by atoms with E-state index < -0.39 is 0 Å². The molecule has 0 aliphatic rings. The van der Waals surface area contributed by atoms with Crippen LogP contribution in [0.15, 0.2) is 53.5 Å². The predicted molar refractivity (Wildman–Crippen MR) is 84.9 cm³/mol. The lowest BCUT2D eigenvalue weighted by molar-refractivity contribution is 0.0999. The standard InChI is InChI=1S/C18H19NO2/c1-4-21-18(16-11-13(2)10-14(3)12-16)19-17(20)15-8-6-5-7-9-15/h5-12H,4H2,1-3H3/b19-18-. The number of aliphatic imine (C=N–C) groups is 1. The van der Waals surface area contributed by atoms with Crippen molar-refractivity contribution in [3.63, 3.8) is 0 Å². The molecule has 0 fully saturated rings. The van der Waals surface area contributed by atoms with Crippen LogP contribution in [-0.4, -0.2) is 18.4 Å². The summed E-state index contributed by atoms with van der Waals surface area (Å²) in [7, 11) is 0. The smallest absolute Gasteiger partial charge is 0.280 e. The first-order valence-electron chi connectivity index (χ1n) is 6.99. The summed E-state index contributed by atoms with van der Waals surface area (Å²) < 4.78 is 5.56. The molecule has 2 aromatic carbocycles. The molecular weight excluding hydrogens is 262 g/mol. The molecule has 0 saturated heterocycles. The zero-order valence-corrected chi connectivity index (χ0v) is 12.6. The third kappa shape index (κ3) is 4.02. The van der Waals surface area contributed by atoms with Crippen LogP contribution in [0, 0.1) is 13.8 Å². The lowest BCUT2D eigenvalue weighted by atomic mass is 10.1. The predicted octanol–water partition coefficient (Wildman–Crippen LogP) is 3.93. The molecule has 21 heavy (non-hydrogen) atoms. The number of aryl methyl sites for hydroxylation is 2. The molecular formula is C18H19NO2. The molecule has 0 radical (unpaired) electrons. The Bertz CT molecular complexity index is 640. The molecule has 0 aliphatic carbocycles. The number of nitrogens with zero attached hydrogens (tertiary/aromatic N) is 1.